The Balaban J connectivity index is 0.000000880. The van der Waals surface area contributed by atoms with Crippen LogP contribution >= 0.6 is 0 Å². The summed E-state index contributed by atoms with van der Waals surface area (Å²) in [6.45, 7) is 9.03. The predicted molar refractivity (Wildman–Crippen MR) is 104 cm³/mol. The van der Waals surface area contributed by atoms with Gasteiger partial charge in [-0.25, -0.2) is 0 Å². The molecule has 0 aliphatic carbocycles. The smallest absolute Gasteiger partial charge is 0.140 e. The second-order valence-electron chi connectivity index (χ2n) is 5.95. The minimum Gasteiger partial charge on any atom is -0.497 e. The quantitative estimate of drug-likeness (QED) is 0.920. The van der Waals surface area contributed by atoms with Crippen LogP contribution in [0, 0.1) is 6.92 Å². The molecule has 2 aromatic rings. The lowest BCUT2D eigenvalue weighted by molar-refractivity contribution is 0.414. The Hall–Kier alpha value is -2.69. The number of hydrogen-bond acceptors (Lipinski definition) is 4. The summed E-state index contributed by atoms with van der Waals surface area (Å²) in [6, 6.07) is 10.5. The van der Waals surface area contributed by atoms with Gasteiger partial charge in [-0.15, -0.1) is 0 Å². The lowest BCUT2D eigenvalue weighted by Gasteiger charge is -2.27. The number of anilines is 1. The lowest BCUT2D eigenvalue weighted by Crippen LogP contribution is -2.39. The molecule has 1 aromatic carbocycles. The summed E-state index contributed by atoms with van der Waals surface area (Å²) >= 11 is 0. The van der Waals surface area contributed by atoms with E-state index in [0.29, 0.717) is 0 Å². The van der Waals surface area contributed by atoms with Crippen molar-refractivity contribution < 1.29 is 4.74 Å². The van der Waals surface area contributed by atoms with Crippen molar-refractivity contribution in [2.24, 2.45) is 5.10 Å². The molecule has 25 heavy (non-hydrogen) atoms. The zero-order valence-corrected chi connectivity index (χ0v) is 15.6. The maximum atomic E-state index is 5.23. The number of nitrogens with one attached hydrogen (secondary N) is 1. The molecule has 0 fully saturated rings. The van der Waals surface area contributed by atoms with Gasteiger partial charge in [-0.3, -0.25) is 5.43 Å². The topological polar surface area (TPSA) is 41.8 Å². The molecule has 1 unspecified atom stereocenters. The van der Waals surface area contributed by atoms with Crippen molar-refractivity contribution in [2.45, 2.75) is 40.4 Å². The van der Waals surface area contributed by atoms with Crippen molar-refractivity contribution in [1.29, 1.82) is 0 Å². The van der Waals surface area contributed by atoms with Gasteiger partial charge in [0.2, 0.25) is 0 Å². The first kappa shape index (κ1) is 17.1. The number of methoxy groups -OCH3 is 1. The zero-order valence-electron chi connectivity index (χ0n) is 15.6. The highest BCUT2D eigenvalue weighted by Crippen LogP contribution is 2.34. The molecule has 2 aliphatic rings. The second kappa shape index (κ2) is 7.05. The molecule has 5 nitrogen and oxygen atoms in total. The van der Waals surface area contributed by atoms with E-state index in [4.69, 9.17) is 4.74 Å². The highest BCUT2D eigenvalue weighted by Gasteiger charge is 2.31. The molecular weight excluding hydrogens is 312 g/mol. The predicted octanol–water partition coefficient (Wildman–Crippen LogP) is 3.98. The van der Waals surface area contributed by atoms with Crippen molar-refractivity contribution >= 4 is 17.6 Å². The maximum absolute atomic E-state index is 5.23. The minimum atomic E-state index is 0.138. The van der Waals surface area contributed by atoms with Gasteiger partial charge in [0, 0.05) is 12.2 Å². The number of nitrogens with zero attached hydrogens (tertiary/aromatic N) is 3. The average Bonchev–Trinajstić information content (AvgIpc) is 3.18. The summed E-state index contributed by atoms with van der Waals surface area (Å²) in [4.78, 5) is 2.24. The van der Waals surface area contributed by atoms with Gasteiger partial charge in [0.1, 0.15) is 17.8 Å². The fraction of sp³-hybridized carbons (Fsp3) is 0.350. The van der Waals surface area contributed by atoms with Gasteiger partial charge < -0.3 is 14.2 Å². The standard InChI is InChI=1S/C18H20N4O.C2H6/c1-12-10-17-16(8-9-18-20-19-13(2)22(17)18)21(12)11-14-4-6-15(23-3)7-5-14;1-2/h4-10,18,20H,11H2,1-3H3;1-2H3. The van der Waals surface area contributed by atoms with Gasteiger partial charge in [-0.1, -0.05) is 26.0 Å². The Morgan fingerprint density at radius 2 is 1.88 bits per heavy atom. The molecule has 0 saturated heterocycles. The third-order valence-electron chi connectivity index (χ3n) is 4.51. The molecular formula is C20H26N4O. The lowest BCUT2D eigenvalue weighted by atomic mass is 10.1. The van der Waals surface area contributed by atoms with Crippen LogP contribution in [0.25, 0.3) is 6.08 Å². The highest BCUT2D eigenvalue weighted by molar-refractivity contribution is 6.01. The van der Waals surface area contributed by atoms with E-state index in [1.165, 1.54) is 22.6 Å². The van der Waals surface area contributed by atoms with Crippen molar-refractivity contribution in [3.05, 3.63) is 53.4 Å². The summed E-state index contributed by atoms with van der Waals surface area (Å²) in [5.41, 5.74) is 8.09. The van der Waals surface area contributed by atoms with Crippen LogP contribution < -0.4 is 15.1 Å². The summed E-state index contributed by atoms with van der Waals surface area (Å²) in [7, 11) is 1.69. The van der Waals surface area contributed by atoms with E-state index in [9.17, 15) is 0 Å². The number of hydrazone groups is 1. The Morgan fingerprint density at radius 1 is 1.16 bits per heavy atom. The van der Waals surface area contributed by atoms with Crippen LogP contribution in [0.1, 0.15) is 37.7 Å². The van der Waals surface area contributed by atoms with E-state index >= 15 is 0 Å². The first-order valence-corrected chi connectivity index (χ1v) is 8.77. The van der Waals surface area contributed by atoms with Gasteiger partial charge in [0.25, 0.3) is 0 Å². The van der Waals surface area contributed by atoms with E-state index in [1.54, 1.807) is 7.11 Å². The molecule has 0 radical (unpaired) electrons. The molecule has 4 rings (SSSR count). The normalized spacial score (nSPS) is 17.1. The average molecular weight is 338 g/mol. The molecule has 5 heteroatoms. The van der Waals surface area contributed by atoms with Crippen LogP contribution in [0.2, 0.25) is 0 Å². The van der Waals surface area contributed by atoms with E-state index in [0.717, 1.165) is 18.1 Å². The minimum absolute atomic E-state index is 0.138. The molecule has 0 spiro atoms. The van der Waals surface area contributed by atoms with E-state index in [2.05, 4.69) is 57.3 Å². The van der Waals surface area contributed by atoms with Gasteiger partial charge in [-0.05, 0) is 49.8 Å². The molecule has 2 aliphatic heterocycles. The maximum Gasteiger partial charge on any atom is 0.140 e. The van der Waals surface area contributed by atoms with Crippen LogP contribution in [0.15, 0.2) is 41.5 Å². The molecule has 0 bridgehead atoms. The number of rotatable bonds is 3. The van der Waals surface area contributed by atoms with Crippen LogP contribution in [0.4, 0.5) is 5.69 Å². The Morgan fingerprint density at radius 3 is 2.56 bits per heavy atom. The van der Waals surface area contributed by atoms with Crippen molar-refractivity contribution in [2.75, 3.05) is 12.0 Å². The number of ether oxygens (including phenoxy) is 1. The molecule has 3 heterocycles. The number of benzene rings is 1. The first-order valence-electron chi connectivity index (χ1n) is 8.77. The van der Waals surface area contributed by atoms with Crippen molar-refractivity contribution in [3.8, 4) is 5.75 Å². The molecule has 0 amide bonds. The van der Waals surface area contributed by atoms with Crippen molar-refractivity contribution in [1.82, 2.24) is 9.99 Å². The summed E-state index contributed by atoms with van der Waals surface area (Å²) in [5, 5.41) is 4.34. The van der Waals surface area contributed by atoms with Crippen molar-refractivity contribution in [3.63, 3.8) is 0 Å². The number of hydrogen-bond donors (Lipinski definition) is 1. The Bertz CT molecular complexity index is 802. The second-order valence-corrected chi connectivity index (χ2v) is 5.95. The van der Waals surface area contributed by atoms with Crippen LogP contribution in [-0.4, -0.2) is 23.7 Å². The summed E-state index contributed by atoms with van der Waals surface area (Å²) in [5.74, 6) is 1.89. The van der Waals surface area contributed by atoms with E-state index < -0.39 is 0 Å². The highest BCUT2D eigenvalue weighted by atomic mass is 16.5. The fourth-order valence-electron chi connectivity index (χ4n) is 3.28. The summed E-state index contributed by atoms with van der Waals surface area (Å²) < 4.78 is 7.58. The van der Waals surface area contributed by atoms with Crippen LogP contribution in [0.5, 0.6) is 5.75 Å². The molecule has 1 aromatic heterocycles. The Kier molecular flexibility index (Phi) is 4.83. The first-order chi connectivity index (χ1) is 12.2. The van der Waals surface area contributed by atoms with Gasteiger partial charge in [0.05, 0.1) is 18.5 Å². The number of amidine groups is 1. The molecule has 132 valence electrons. The van der Waals surface area contributed by atoms with E-state index in [-0.39, 0.29) is 6.17 Å². The zero-order chi connectivity index (χ0) is 18.0. The SMILES string of the molecule is CC.COc1ccc(Cn2c(C)cc3c2C=CC2NN=C(C)N32)cc1. The number of aryl methyl sites for hydroxylation is 1. The monoisotopic (exact) mass is 338 g/mol. The third kappa shape index (κ3) is 3.02. The molecule has 1 atom stereocenters. The van der Waals surface area contributed by atoms with Crippen LogP contribution in [-0.2, 0) is 6.54 Å². The van der Waals surface area contributed by atoms with Crippen LogP contribution in [0.3, 0.4) is 0 Å². The Labute approximate surface area is 149 Å². The molecule has 0 saturated carbocycles. The van der Waals surface area contributed by atoms with E-state index in [1.807, 2.05) is 32.9 Å². The fourth-order valence-corrected chi connectivity index (χ4v) is 3.28. The molecule has 1 N–H and O–H groups in total. The van der Waals surface area contributed by atoms with Gasteiger partial charge in [0.15, 0.2) is 0 Å². The van der Waals surface area contributed by atoms with Gasteiger partial charge >= 0.3 is 0 Å². The largest absolute Gasteiger partial charge is 0.497 e. The summed E-state index contributed by atoms with van der Waals surface area (Å²) in [6.07, 6.45) is 4.49. The number of fused-ring (bicyclic) bond motifs is 3. The van der Waals surface area contributed by atoms with Gasteiger partial charge in [-0.2, -0.15) is 5.10 Å². The number of aromatic nitrogens is 1. The third-order valence-corrected chi connectivity index (χ3v) is 4.51.